The monoisotopic (exact) mass is 195 g/mol. The van der Waals surface area contributed by atoms with Gasteiger partial charge in [-0.1, -0.05) is 0 Å². The van der Waals surface area contributed by atoms with Gasteiger partial charge in [0, 0.05) is 0 Å². The smallest absolute Gasteiger partial charge is 0.331 e. The molecule has 0 rings (SSSR count). The van der Waals surface area contributed by atoms with Crippen LogP contribution in [0.3, 0.4) is 0 Å². The first kappa shape index (κ1) is 11.4. The average molecular weight is 195 g/mol. The zero-order valence-electron chi connectivity index (χ0n) is 7.54. The molecule has 0 amide bonds. The van der Waals surface area contributed by atoms with Crippen molar-refractivity contribution in [3.8, 4) is 0 Å². The summed E-state index contributed by atoms with van der Waals surface area (Å²) >= 11 is 0. The lowest BCUT2D eigenvalue weighted by atomic mass is 9.98. The van der Waals surface area contributed by atoms with Crippen LogP contribution >= 0.6 is 0 Å². The number of carbonyl (C=O) groups excluding carboxylic acids is 1. The van der Waals surface area contributed by atoms with Crippen molar-refractivity contribution in [2.45, 2.75) is 20.8 Å². The van der Waals surface area contributed by atoms with Crippen LogP contribution in [0.4, 0.5) is 0 Å². The fourth-order valence-electron chi connectivity index (χ4n) is 0.267. The first-order valence-corrected chi connectivity index (χ1v) is 5.20. The van der Waals surface area contributed by atoms with Gasteiger partial charge >= 0.3 is 5.97 Å². The number of rotatable bonds is 2. The van der Waals surface area contributed by atoms with E-state index in [1.807, 2.05) is 0 Å². The van der Waals surface area contributed by atoms with Crippen LogP contribution in [0.2, 0.25) is 0 Å². The molecule has 0 heterocycles. The predicted molar refractivity (Wildman–Crippen MR) is 43.5 cm³/mol. The highest BCUT2D eigenvalue weighted by atomic mass is 32.2. The van der Waals surface area contributed by atoms with Gasteiger partial charge in [-0.15, -0.1) is 0 Å². The minimum atomic E-state index is -3.47. The van der Waals surface area contributed by atoms with Gasteiger partial charge in [0.1, 0.15) is 0 Å². The Hall–Kier alpha value is -0.620. The molecule has 0 saturated carbocycles. The maximum atomic E-state index is 11.0. The second-order valence-corrected chi connectivity index (χ2v) is 5.21. The van der Waals surface area contributed by atoms with E-state index < -0.39 is 21.4 Å². The Bertz CT molecular complexity index is 262. The van der Waals surface area contributed by atoms with Crippen molar-refractivity contribution >= 4 is 16.0 Å². The number of carbonyl (C=O) groups is 1. The van der Waals surface area contributed by atoms with E-state index in [0.717, 1.165) is 6.26 Å². The molecule has 0 aliphatic rings. The third-order valence-corrected chi connectivity index (χ3v) is 1.28. The third kappa shape index (κ3) is 5.09. The Morgan fingerprint density at radius 1 is 1.33 bits per heavy atom. The Labute approximate surface area is 72.1 Å². The molecule has 0 radical (unpaired) electrons. The average Bonchev–Trinajstić information content (AvgIpc) is 1.78. The molecule has 0 aromatic rings. The molecular formula is C6H13NO4S. The van der Waals surface area contributed by atoms with Crippen molar-refractivity contribution in [3.63, 3.8) is 0 Å². The summed E-state index contributed by atoms with van der Waals surface area (Å²) in [5.74, 6) is -0.618. The molecule has 0 aromatic carbocycles. The summed E-state index contributed by atoms with van der Waals surface area (Å²) < 4.78 is 20.9. The highest BCUT2D eigenvalue weighted by molar-refractivity contribution is 7.88. The van der Waals surface area contributed by atoms with E-state index in [4.69, 9.17) is 0 Å². The zero-order valence-corrected chi connectivity index (χ0v) is 8.36. The summed E-state index contributed by atoms with van der Waals surface area (Å²) in [6.45, 7) is 4.87. The lowest BCUT2D eigenvalue weighted by Crippen LogP contribution is -2.32. The lowest BCUT2D eigenvalue weighted by Gasteiger charge is -2.15. The first-order chi connectivity index (χ1) is 5.13. The molecule has 0 aliphatic carbocycles. The van der Waals surface area contributed by atoms with Crippen molar-refractivity contribution < 1.29 is 18.0 Å². The van der Waals surface area contributed by atoms with Crippen molar-refractivity contribution in [1.82, 2.24) is 4.89 Å². The maximum absolute atomic E-state index is 11.0. The Balaban J connectivity index is 4.07. The quantitative estimate of drug-likeness (QED) is 0.631. The van der Waals surface area contributed by atoms with Crippen molar-refractivity contribution in [3.05, 3.63) is 0 Å². The third-order valence-electron chi connectivity index (χ3n) is 0.898. The molecule has 6 heteroatoms. The Morgan fingerprint density at radius 3 is 2.00 bits per heavy atom. The number of hydrogen-bond donors (Lipinski definition) is 1. The van der Waals surface area contributed by atoms with E-state index in [-0.39, 0.29) is 0 Å². The molecule has 0 fully saturated rings. The second-order valence-electron chi connectivity index (χ2n) is 3.50. The summed E-state index contributed by atoms with van der Waals surface area (Å²) in [5.41, 5.74) is -0.711. The van der Waals surface area contributed by atoms with Crippen LogP contribution in [-0.2, 0) is 19.7 Å². The van der Waals surface area contributed by atoms with Crippen LogP contribution in [0.25, 0.3) is 0 Å². The number of hydrogen-bond acceptors (Lipinski definition) is 4. The van der Waals surface area contributed by atoms with Crippen LogP contribution in [-0.4, -0.2) is 20.6 Å². The van der Waals surface area contributed by atoms with Gasteiger partial charge in [0.05, 0.1) is 11.7 Å². The Kier molecular flexibility index (Phi) is 3.23. The largest absolute Gasteiger partial charge is 0.355 e. The van der Waals surface area contributed by atoms with Gasteiger partial charge in [-0.05, 0) is 25.7 Å². The number of sulfonamides is 1. The van der Waals surface area contributed by atoms with E-state index in [2.05, 4.69) is 4.84 Å². The van der Waals surface area contributed by atoms with Gasteiger partial charge in [-0.3, -0.25) is 0 Å². The Morgan fingerprint density at radius 2 is 1.75 bits per heavy atom. The van der Waals surface area contributed by atoms with E-state index in [1.165, 1.54) is 0 Å². The van der Waals surface area contributed by atoms with Crippen LogP contribution in [0.1, 0.15) is 20.8 Å². The van der Waals surface area contributed by atoms with Gasteiger partial charge in [0.2, 0.25) is 10.0 Å². The van der Waals surface area contributed by atoms with Gasteiger partial charge in [-0.25, -0.2) is 13.2 Å². The summed E-state index contributed by atoms with van der Waals surface area (Å²) in [7, 11) is -3.47. The molecule has 0 atom stereocenters. The maximum Gasteiger partial charge on any atom is 0.331 e. The van der Waals surface area contributed by atoms with E-state index in [1.54, 1.807) is 25.7 Å². The van der Waals surface area contributed by atoms with Crippen LogP contribution in [0.5, 0.6) is 0 Å². The molecular weight excluding hydrogens is 182 g/mol. The molecule has 12 heavy (non-hydrogen) atoms. The van der Waals surface area contributed by atoms with Crippen LogP contribution < -0.4 is 4.89 Å². The summed E-state index contributed by atoms with van der Waals surface area (Å²) in [4.78, 5) is 16.9. The fourth-order valence-corrected chi connectivity index (χ4v) is 0.494. The van der Waals surface area contributed by atoms with Gasteiger partial charge < -0.3 is 4.84 Å². The summed E-state index contributed by atoms with van der Waals surface area (Å²) in [5, 5.41) is 0. The summed E-state index contributed by atoms with van der Waals surface area (Å²) in [6.07, 6.45) is 0.906. The van der Waals surface area contributed by atoms with Crippen molar-refractivity contribution in [1.29, 1.82) is 0 Å². The number of nitrogens with one attached hydrogen (secondary N) is 1. The molecule has 0 aromatic heterocycles. The van der Waals surface area contributed by atoms with Crippen molar-refractivity contribution in [2.75, 3.05) is 6.26 Å². The molecule has 0 saturated heterocycles. The van der Waals surface area contributed by atoms with Crippen LogP contribution in [0, 0.1) is 5.41 Å². The van der Waals surface area contributed by atoms with Gasteiger partial charge in [0.25, 0.3) is 0 Å². The lowest BCUT2D eigenvalue weighted by molar-refractivity contribution is -0.156. The topological polar surface area (TPSA) is 72.5 Å². The van der Waals surface area contributed by atoms with Crippen molar-refractivity contribution in [2.24, 2.45) is 5.41 Å². The molecule has 0 aliphatic heterocycles. The molecule has 0 unspecified atom stereocenters. The van der Waals surface area contributed by atoms with Gasteiger partial charge in [-0.2, -0.15) is 0 Å². The molecule has 5 nitrogen and oxygen atoms in total. The molecule has 0 bridgehead atoms. The van der Waals surface area contributed by atoms with E-state index >= 15 is 0 Å². The van der Waals surface area contributed by atoms with E-state index in [9.17, 15) is 13.2 Å². The minimum absolute atomic E-state index is 0.618. The second kappa shape index (κ2) is 3.40. The zero-order chi connectivity index (χ0) is 9.99. The standard InChI is InChI=1S/C6H13NO4S/c1-6(2,3)5(8)11-7-12(4,9)10/h7H,1-4H3. The summed E-state index contributed by atoms with van der Waals surface area (Å²) in [6, 6.07) is 0. The highest BCUT2D eigenvalue weighted by Gasteiger charge is 2.24. The fraction of sp³-hybridized carbons (Fsp3) is 0.833. The molecule has 1 N–H and O–H groups in total. The molecule has 0 spiro atoms. The molecule has 72 valence electrons. The highest BCUT2D eigenvalue weighted by Crippen LogP contribution is 2.14. The first-order valence-electron chi connectivity index (χ1n) is 3.31. The predicted octanol–water partition coefficient (Wildman–Crippen LogP) is 0.0399. The van der Waals surface area contributed by atoms with Gasteiger partial charge in [0.15, 0.2) is 0 Å². The SMILES string of the molecule is CC(C)(C)C(=O)ONS(C)(=O)=O. The minimum Gasteiger partial charge on any atom is -0.355 e. The van der Waals surface area contributed by atoms with Crippen LogP contribution in [0.15, 0.2) is 0 Å². The van der Waals surface area contributed by atoms with E-state index in [0.29, 0.717) is 0 Å². The normalized spacial score (nSPS) is 12.7.